The monoisotopic (exact) mass is 251 g/mol. The zero-order valence-corrected chi connectivity index (χ0v) is 11.2. The van der Waals surface area contributed by atoms with Gasteiger partial charge in [0.1, 0.15) is 15.4 Å². The van der Waals surface area contributed by atoms with E-state index in [1.165, 1.54) is 6.26 Å². The van der Waals surface area contributed by atoms with Gasteiger partial charge in [-0.1, -0.05) is 0 Å². The van der Waals surface area contributed by atoms with E-state index in [-0.39, 0.29) is 18.3 Å². The van der Waals surface area contributed by atoms with Gasteiger partial charge < -0.3 is 10.1 Å². The molecule has 96 valence electrons. The molecule has 0 aromatic rings. The third-order valence-electron chi connectivity index (χ3n) is 1.56. The van der Waals surface area contributed by atoms with E-state index in [1.54, 1.807) is 20.8 Å². The van der Waals surface area contributed by atoms with Crippen molar-refractivity contribution >= 4 is 15.8 Å². The van der Waals surface area contributed by atoms with Gasteiger partial charge in [-0.05, 0) is 33.7 Å². The molecule has 0 fully saturated rings. The number of esters is 1. The van der Waals surface area contributed by atoms with E-state index < -0.39 is 15.4 Å². The Kier molecular flexibility index (Phi) is 5.96. The van der Waals surface area contributed by atoms with Gasteiger partial charge in [0.05, 0.1) is 12.3 Å². The molecule has 0 saturated heterocycles. The van der Waals surface area contributed by atoms with Crippen LogP contribution in [0.15, 0.2) is 0 Å². The molecule has 0 aliphatic heterocycles. The summed E-state index contributed by atoms with van der Waals surface area (Å²) in [6.45, 7) is 6.00. The second-order valence-electron chi connectivity index (χ2n) is 4.75. The Bertz CT molecular complexity index is 316. The number of sulfone groups is 1. The SMILES string of the molecule is CC(C)(C)OC(=O)CNCCCS(C)(=O)=O. The highest BCUT2D eigenvalue weighted by Gasteiger charge is 2.15. The van der Waals surface area contributed by atoms with E-state index in [0.29, 0.717) is 13.0 Å². The second-order valence-corrected chi connectivity index (χ2v) is 7.01. The highest BCUT2D eigenvalue weighted by molar-refractivity contribution is 7.90. The number of nitrogens with one attached hydrogen (secondary N) is 1. The third kappa shape index (κ3) is 11.5. The maximum atomic E-state index is 11.2. The topological polar surface area (TPSA) is 72.5 Å². The van der Waals surface area contributed by atoms with Crippen LogP contribution in [0.25, 0.3) is 0 Å². The standard InChI is InChI=1S/C10H21NO4S/c1-10(2,3)15-9(12)8-11-6-5-7-16(4,13)14/h11H,5-8H2,1-4H3. The lowest BCUT2D eigenvalue weighted by molar-refractivity contribution is -0.153. The van der Waals surface area contributed by atoms with Crippen LogP contribution in [0.2, 0.25) is 0 Å². The fourth-order valence-corrected chi connectivity index (χ4v) is 1.70. The number of rotatable bonds is 6. The van der Waals surface area contributed by atoms with Gasteiger partial charge in [-0.15, -0.1) is 0 Å². The summed E-state index contributed by atoms with van der Waals surface area (Å²) in [7, 11) is -2.91. The zero-order chi connectivity index (χ0) is 12.8. The van der Waals surface area contributed by atoms with Crippen molar-refractivity contribution < 1.29 is 17.9 Å². The quantitative estimate of drug-likeness (QED) is 0.545. The molecule has 0 rings (SSSR count). The second kappa shape index (κ2) is 6.20. The molecule has 0 aliphatic carbocycles. The van der Waals surface area contributed by atoms with Crippen LogP contribution in [0.3, 0.4) is 0 Å². The average molecular weight is 251 g/mol. The van der Waals surface area contributed by atoms with Crippen molar-refractivity contribution in [2.24, 2.45) is 0 Å². The van der Waals surface area contributed by atoms with Gasteiger partial charge in [-0.2, -0.15) is 0 Å². The van der Waals surface area contributed by atoms with E-state index in [9.17, 15) is 13.2 Å². The minimum absolute atomic E-state index is 0.112. The van der Waals surface area contributed by atoms with E-state index >= 15 is 0 Å². The molecule has 0 heterocycles. The summed E-state index contributed by atoms with van der Waals surface area (Å²) in [5, 5.41) is 2.84. The molecule has 0 unspecified atom stereocenters. The summed E-state index contributed by atoms with van der Waals surface area (Å²) in [4.78, 5) is 11.2. The van der Waals surface area contributed by atoms with E-state index in [2.05, 4.69) is 5.32 Å². The highest BCUT2D eigenvalue weighted by atomic mass is 32.2. The fraction of sp³-hybridized carbons (Fsp3) is 0.900. The Morgan fingerprint density at radius 3 is 2.31 bits per heavy atom. The number of carbonyl (C=O) groups is 1. The van der Waals surface area contributed by atoms with Crippen LogP contribution in [-0.4, -0.2) is 45.1 Å². The summed E-state index contributed by atoms with van der Waals surface area (Å²) in [5.41, 5.74) is -0.481. The van der Waals surface area contributed by atoms with Crippen molar-refractivity contribution in [3.63, 3.8) is 0 Å². The molecule has 0 bridgehead atoms. The first-order valence-electron chi connectivity index (χ1n) is 5.20. The molecule has 5 nitrogen and oxygen atoms in total. The number of hydrogen-bond donors (Lipinski definition) is 1. The number of hydrogen-bond acceptors (Lipinski definition) is 5. The Morgan fingerprint density at radius 1 is 1.31 bits per heavy atom. The van der Waals surface area contributed by atoms with Gasteiger partial charge in [0, 0.05) is 6.26 Å². The van der Waals surface area contributed by atoms with Gasteiger partial charge in [0.2, 0.25) is 0 Å². The predicted octanol–water partition coefficient (Wildman–Crippen LogP) is 0.352. The van der Waals surface area contributed by atoms with Crippen LogP contribution < -0.4 is 5.32 Å². The predicted molar refractivity (Wildman–Crippen MR) is 63.0 cm³/mol. The molecule has 0 saturated carbocycles. The van der Waals surface area contributed by atoms with Crippen LogP contribution >= 0.6 is 0 Å². The highest BCUT2D eigenvalue weighted by Crippen LogP contribution is 2.06. The summed E-state index contributed by atoms with van der Waals surface area (Å²) in [6, 6.07) is 0. The van der Waals surface area contributed by atoms with Crippen LogP contribution in [0.4, 0.5) is 0 Å². The smallest absolute Gasteiger partial charge is 0.320 e. The normalized spacial score (nSPS) is 12.5. The van der Waals surface area contributed by atoms with Gasteiger partial charge >= 0.3 is 5.97 Å². The van der Waals surface area contributed by atoms with Crippen molar-refractivity contribution in [2.45, 2.75) is 32.8 Å². The molecule has 6 heteroatoms. The number of carbonyl (C=O) groups excluding carboxylic acids is 1. The van der Waals surface area contributed by atoms with Crippen LogP contribution in [0, 0.1) is 0 Å². The van der Waals surface area contributed by atoms with Crippen molar-refractivity contribution in [3.05, 3.63) is 0 Å². The summed E-state index contributed by atoms with van der Waals surface area (Å²) >= 11 is 0. The average Bonchev–Trinajstić information content (AvgIpc) is 1.97. The van der Waals surface area contributed by atoms with Gasteiger partial charge in [-0.3, -0.25) is 4.79 Å². The molecule has 0 aromatic heterocycles. The maximum Gasteiger partial charge on any atom is 0.320 e. The molecule has 0 spiro atoms. The summed E-state index contributed by atoms with van der Waals surface area (Å²) in [5.74, 6) is -0.194. The molecular weight excluding hydrogens is 230 g/mol. The Labute approximate surface area is 97.5 Å². The fourth-order valence-electron chi connectivity index (χ4n) is 1.03. The maximum absolute atomic E-state index is 11.2. The molecule has 0 amide bonds. The van der Waals surface area contributed by atoms with E-state index in [4.69, 9.17) is 4.74 Å². The first-order chi connectivity index (χ1) is 7.10. The molecule has 0 aliphatic rings. The third-order valence-corrected chi connectivity index (χ3v) is 2.59. The molecule has 1 N–H and O–H groups in total. The van der Waals surface area contributed by atoms with E-state index in [1.807, 2.05) is 0 Å². The van der Waals surface area contributed by atoms with Crippen LogP contribution in [0.5, 0.6) is 0 Å². The molecule has 0 atom stereocenters. The Morgan fingerprint density at radius 2 is 1.88 bits per heavy atom. The lowest BCUT2D eigenvalue weighted by Gasteiger charge is -2.19. The summed E-state index contributed by atoms with van der Waals surface area (Å²) in [6.07, 6.45) is 1.70. The van der Waals surface area contributed by atoms with Crippen molar-refractivity contribution in [3.8, 4) is 0 Å². The van der Waals surface area contributed by atoms with Crippen molar-refractivity contribution in [1.82, 2.24) is 5.32 Å². The first kappa shape index (κ1) is 15.4. The molecule has 0 aromatic carbocycles. The minimum Gasteiger partial charge on any atom is -0.459 e. The van der Waals surface area contributed by atoms with E-state index in [0.717, 1.165) is 0 Å². The number of ether oxygens (including phenoxy) is 1. The molecule has 16 heavy (non-hydrogen) atoms. The van der Waals surface area contributed by atoms with Gasteiger partial charge in [0.15, 0.2) is 0 Å². The largest absolute Gasteiger partial charge is 0.459 e. The minimum atomic E-state index is -2.91. The summed E-state index contributed by atoms with van der Waals surface area (Å²) < 4.78 is 26.7. The molecular formula is C10H21NO4S. The van der Waals surface area contributed by atoms with Crippen LogP contribution in [0.1, 0.15) is 27.2 Å². The lowest BCUT2D eigenvalue weighted by atomic mass is 10.2. The van der Waals surface area contributed by atoms with Gasteiger partial charge in [-0.25, -0.2) is 8.42 Å². The van der Waals surface area contributed by atoms with Crippen LogP contribution in [-0.2, 0) is 19.4 Å². The first-order valence-corrected chi connectivity index (χ1v) is 7.26. The zero-order valence-electron chi connectivity index (χ0n) is 10.4. The molecule has 0 radical (unpaired) electrons. The van der Waals surface area contributed by atoms with Crippen molar-refractivity contribution in [1.29, 1.82) is 0 Å². The Hall–Kier alpha value is -0.620. The Balaban J connectivity index is 3.57. The lowest BCUT2D eigenvalue weighted by Crippen LogP contribution is -2.32. The van der Waals surface area contributed by atoms with Gasteiger partial charge in [0.25, 0.3) is 0 Å². The van der Waals surface area contributed by atoms with Crippen molar-refractivity contribution in [2.75, 3.05) is 25.1 Å².